The molecule has 19 heavy (non-hydrogen) atoms. The highest BCUT2D eigenvalue weighted by Gasteiger charge is 2.11. The van der Waals surface area contributed by atoms with E-state index in [4.69, 9.17) is 4.74 Å². The highest BCUT2D eigenvalue weighted by molar-refractivity contribution is 5.63. The molecule has 0 unspecified atom stereocenters. The fourth-order valence-electron chi connectivity index (χ4n) is 2.01. The second-order valence-electron chi connectivity index (χ2n) is 4.39. The van der Waals surface area contributed by atoms with Gasteiger partial charge in [-0.05, 0) is 37.1 Å². The average Bonchev–Trinajstić information content (AvgIpc) is 2.41. The summed E-state index contributed by atoms with van der Waals surface area (Å²) in [6, 6.07) is 4.90. The first-order valence-electron chi connectivity index (χ1n) is 6.32. The highest BCUT2D eigenvalue weighted by atomic mass is 19.1. The monoisotopic (exact) mass is 260 g/mol. The Labute approximate surface area is 112 Å². The fourth-order valence-corrected chi connectivity index (χ4v) is 2.01. The SMILES string of the molecule is CCCc1cnc(C)nc1-c1ccc(OC)c(F)c1. The van der Waals surface area contributed by atoms with Crippen molar-refractivity contribution >= 4 is 0 Å². The molecule has 0 aliphatic rings. The molecule has 1 aromatic heterocycles. The van der Waals surface area contributed by atoms with E-state index >= 15 is 0 Å². The zero-order chi connectivity index (χ0) is 13.8. The van der Waals surface area contributed by atoms with Crippen molar-refractivity contribution in [3.8, 4) is 17.0 Å². The van der Waals surface area contributed by atoms with Crippen LogP contribution in [0, 0.1) is 12.7 Å². The average molecular weight is 260 g/mol. The van der Waals surface area contributed by atoms with Crippen LogP contribution in [0.25, 0.3) is 11.3 Å². The van der Waals surface area contributed by atoms with E-state index in [1.807, 2.05) is 19.2 Å². The van der Waals surface area contributed by atoms with Gasteiger partial charge in [-0.3, -0.25) is 0 Å². The zero-order valence-electron chi connectivity index (χ0n) is 11.4. The summed E-state index contributed by atoms with van der Waals surface area (Å²) in [7, 11) is 1.45. The largest absolute Gasteiger partial charge is 0.494 e. The van der Waals surface area contributed by atoms with E-state index in [0.29, 0.717) is 5.82 Å². The van der Waals surface area contributed by atoms with Crippen LogP contribution in [0.2, 0.25) is 0 Å². The van der Waals surface area contributed by atoms with E-state index < -0.39 is 0 Å². The number of hydrogen-bond acceptors (Lipinski definition) is 3. The van der Waals surface area contributed by atoms with Crippen molar-refractivity contribution in [1.29, 1.82) is 0 Å². The number of methoxy groups -OCH3 is 1. The van der Waals surface area contributed by atoms with Crippen molar-refractivity contribution in [1.82, 2.24) is 9.97 Å². The van der Waals surface area contributed by atoms with Gasteiger partial charge in [0, 0.05) is 11.8 Å². The molecule has 0 amide bonds. The summed E-state index contributed by atoms with van der Waals surface area (Å²) in [5, 5.41) is 0. The fraction of sp³-hybridized carbons (Fsp3) is 0.333. The van der Waals surface area contributed by atoms with Crippen molar-refractivity contribution in [3.05, 3.63) is 41.6 Å². The molecule has 0 spiro atoms. The Hall–Kier alpha value is -1.97. The number of rotatable bonds is 4. The predicted octanol–water partition coefficient (Wildman–Crippen LogP) is 3.55. The van der Waals surface area contributed by atoms with E-state index in [-0.39, 0.29) is 11.6 Å². The predicted molar refractivity (Wildman–Crippen MR) is 72.7 cm³/mol. The van der Waals surface area contributed by atoms with Crippen LogP contribution in [0.5, 0.6) is 5.75 Å². The molecular formula is C15H17FN2O. The van der Waals surface area contributed by atoms with E-state index in [0.717, 1.165) is 29.7 Å². The molecule has 2 rings (SSSR count). The van der Waals surface area contributed by atoms with Gasteiger partial charge in [0.05, 0.1) is 12.8 Å². The van der Waals surface area contributed by atoms with Crippen LogP contribution in [0.1, 0.15) is 24.7 Å². The minimum Gasteiger partial charge on any atom is -0.494 e. The summed E-state index contributed by atoms with van der Waals surface area (Å²) in [5.74, 6) is 0.552. The molecule has 4 heteroatoms. The van der Waals surface area contributed by atoms with E-state index in [1.54, 1.807) is 6.07 Å². The van der Waals surface area contributed by atoms with Crippen LogP contribution < -0.4 is 4.74 Å². The van der Waals surface area contributed by atoms with Gasteiger partial charge in [0.15, 0.2) is 11.6 Å². The van der Waals surface area contributed by atoms with Crippen LogP contribution in [-0.4, -0.2) is 17.1 Å². The zero-order valence-corrected chi connectivity index (χ0v) is 11.4. The van der Waals surface area contributed by atoms with Gasteiger partial charge in [-0.25, -0.2) is 14.4 Å². The molecule has 0 saturated carbocycles. The Kier molecular flexibility index (Phi) is 4.10. The van der Waals surface area contributed by atoms with Gasteiger partial charge in [-0.2, -0.15) is 0 Å². The van der Waals surface area contributed by atoms with Gasteiger partial charge in [0.2, 0.25) is 0 Å². The normalized spacial score (nSPS) is 10.5. The van der Waals surface area contributed by atoms with Gasteiger partial charge in [-0.1, -0.05) is 13.3 Å². The van der Waals surface area contributed by atoms with Gasteiger partial charge in [-0.15, -0.1) is 0 Å². The van der Waals surface area contributed by atoms with Crippen molar-refractivity contribution in [2.75, 3.05) is 7.11 Å². The summed E-state index contributed by atoms with van der Waals surface area (Å²) < 4.78 is 18.7. The number of nitrogens with zero attached hydrogens (tertiary/aromatic N) is 2. The third-order valence-corrected chi connectivity index (χ3v) is 2.93. The molecule has 0 atom stereocenters. The maximum atomic E-state index is 13.8. The Morgan fingerprint density at radius 1 is 1.32 bits per heavy atom. The molecule has 2 aromatic rings. The third-order valence-electron chi connectivity index (χ3n) is 2.93. The van der Waals surface area contributed by atoms with Crippen LogP contribution in [-0.2, 0) is 6.42 Å². The maximum Gasteiger partial charge on any atom is 0.165 e. The Morgan fingerprint density at radius 3 is 2.74 bits per heavy atom. The molecule has 1 aromatic carbocycles. The number of aromatic nitrogens is 2. The summed E-state index contributed by atoms with van der Waals surface area (Å²) in [6.07, 6.45) is 3.70. The first-order chi connectivity index (χ1) is 9.15. The third kappa shape index (κ3) is 2.89. The number of aryl methyl sites for hydroxylation is 2. The minimum atomic E-state index is -0.376. The number of ether oxygens (including phenoxy) is 1. The molecule has 0 saturated heterocycles. The second-order valence-corrected chi connectivity index (χ2v) is 4.39. The van der Waals surface area contributed by atoms with Crippen LogP contribution >= 0.6 is 0 Å². The van der Waals surface area contributed by atoms with Gasteiger partial charge < -0.3 is 4.74 Å². The standard InChI is InChI=1S/C15H17FN2O/c1-4-5-12-9-17-10(2)18-15(12)11-6-7-14(19-3)13(16)8-11/h6-9H,4-5H2,1-3H3. The van der Waals surface area contributed by atoms with Crippen molar-refractivity contribution in [2.45, 2.75) is 26.7 Å². The van der Waals surface area contributed by atoms with E-state index in [9.17, 15) is 4.39 Å². The van der Waals surface area contributed by atoms with Crippen LogP contribution in [0.4, 0.5) is 4.39 Å². The summed E-state index contributed by atoms with van der Waals surface area (Å²) >= 11 is 0. The van der Waals surface area contributed by atoms with Crippen LogP contribution in [0.3, 0.4) is 0 Å². The highest BCUT2D eigenvalue weighted by Crippen LogP contribution is 2.27. The number of halogens is 1. The lowest BCUT2D eigenvalue weighted by atomic mass is 10.0. The molecule has 0 N–H and O–H groups in total. The van der Waals surface area contributed by atoms with E-state index in [2.05, 4.69) is 16.9 Å². The Balaban J connectivity index is 2.51. The first kappa shape index (κ1) is 13.5. The summed E-state index contributed by atoms with van der Waals surface area (Å²) in [6.45, 7) is 3.93. The topological polar surface area (TPSA) is 35.0 Å². The number of hydrogen-bond donors (Lipinski definition) is 0. The van der Waals surface area contributed by atoms with Crippen molar-refractivity contribution in [2.24, 2.45) is 0 Å². The number of benzene rings is 1. The molecule has 0 aliphatic carbocycles. The first-order valence-corrected chi connectivity index (χ1v) is 6.32. The minimum absolute atomic E-state index is 0.242. The lowest BCUT2D eigenvalue weighted by Crippen LogP contribution is -1.99. The van der Waals surface area contributed by atoms with Gasteiger partial charge in [0.1, 0.15) is 5.82 Å². The maximum absolute atomic E-state index is 13.8. The molecule has 0 bridgehead atoms. The second kappa shape index (κ2) is 5.78. The molecule has 0 radical (unpaired) electrons. The van der Waals surface area contributed by atoms with Gasteiger partial charge in [0.25, 0.3) is 0 Å². The summed E-state index contributed by atoms with van der Waals surface area (Å²) in [4.78, 5) is 8.65. The Bertz CT molecular complexity index is 584. The molecule has 1 heterocycles. The lowest BCUT2D eigenvalue weighted by Gasteiger charge is -2.10. The summed E-state index contributed by atoms with van der Waals surface area (Å²) in [5.41, 5.74) is 2.60. The van der Waals surface area contributed by atoms with Crippen LogP contribution in [0.15, 0.2) is 24.4 Å². The quantitative estimate of drug-likeness (QED) is 0.843. The molecular weight excluding hydrogens is 243 g/mol. The smallest absolute Gasteiger partial charge is 0.165 e. The lowest BCUT2D eigenvalue weighted by molar-refractivity contribution is 0.386. The van der Waals surface area contributed by atoms with Crippen molar-refractivity contribution < 1.29 is 9.13 Å². The molecule has 0 aliphatic heterocycles. The van der Waals surface area contributed by atoms with Crippen molar-refractivity contribution in [3.63, 3.8) is 0 Å². The molecule has 3 nitrogen and oxygen atoms in total. The molecule has 100 valence electrons. The van der Waals surface area contributed by atoms with E-state index in [1.165, 1.54) is 13.2 Å². The van der Waals surface area contributed by atoms with Gasteiger partial charge >= 0.3 is 0 Å². The molecule has 0 fully saturated rings. The Morgan fingerprint density at radius 2 is 2.11 bits per heavy atom.